The smallest absolute Gasteiger partial charge is 0.0790 e. The molecule has 2 aromatic carbocycles. The maximum atomic E-state index is 10.2. The Labute approximate surface area is 114 Å². The monoisotopic (exact) mass is 252 g/mol. The molecule has 1 heteroatoms. The van der Waals surface area contributed by atoms with Gasteiger partial charge in [0.05, 0.1) is 6.10 Å². The van der Waals surface area contributed by atoms with Crippen molar-refractivity contribution in [3.05, 3.63) is 71.8 Å². The van der Waals surface area contributed by atoms with Crippen LogP contribution in [0.2, 0.25) is 0 Å². The maximum absolute atomic E-state index is 10.2. The molecular weight excluding hydrogens is 232 g/mol. The highest BCUT2D eigenvalue weighted by molar-refractivity contribution is 5.25. The molecule has 0 bridgehead atoms. The zero-order valence-corrected chi connectivity index (χ0v) is 11.1. The summed E-state index contributed by atoms with van der Waals surface area (Å²) in [6, 6.07) is 20.7. The molecule has 0 heterocycles. The van der Waals surface area contributed by atoms with Crippen LogP contribution in [-0.4, -0.2) is 5.11 Å². The summed E-state index contributed by atoms with van der Waals surface area (Å²) in [4.78, 5) is 0. The third-order valence-corrected chi connectivity index (χ3v) is 4.15. The molecular formula is C18H20O. The molecule has 3 atom stereocenters. The summed E-state index contributed by atoms with van der Waals surface area (Å²) in [5.74, 6) is 1.49. The van der Waals surface area contributed by atoms with Crippen LogP contribution in [0.4, 0.5) is 0 Å². The second kappa shape index (κ2) is 5.58. The van der Waals surface area contributed by atoms with Gasteiger partial charge in [0.1, 0.15) is 0 Å². The summed E-state index contributed by atoms with van der Waals surface area (Å²) < 4.78 is 0. The average molecular weight is 252 g/mol. The first-order chi connectivity index (χ1) is 9.34. The van der Waals surface area contributed by atoms with Crippen molar-refractivity contribution in [3.8, 4) is 0 Å². The Kier molecular flexibility index (Phi) is 3.65. The Balaban J connectivity index is 1.50. The molecule has 1 aliphatic carbocycles. The Hall–Kier alpha value is -1.60. The largest absolute Gasteiger partial charge is 0.388 e. The van der Waals surface area contributed by atoms with Gasteiger partial charge in [-0.25, -0.2) is 0 Å². The molecule has 2 aromatic rings. The van der Waals surface area contributed by atoms with Crippen LogP contribution < -0.4 is 0 Å². The molecule has 0 aromatic heterocycles. The lowest BCUT2D eigenvalue weighted by molar-refractivity contribution is 0.162. The van der Waals surface area contributed by atoms with E-state index in [1.165, 1.54) is 12.0 Å². The number of aliphatic hydroxyl groups excluding tert-OH is 1. The Bertz CT molecular complexity index is 506. The van der Waals surface area contributed by atoms with E-state index in [2.05, 4.69) is 30.3 Å². The molecule has 3 unspecified atom stereocenters. The molecule has 0 radical (unpaired) electrons. The van der Waals surface area contributed by atoms with Crippen molar-refractivity contribution < 1.29 is 5.11 Å². The van der Waals surface area contributed by atoms with E-state index in [1.54, 1.807) is 0 Å². The van der Waals surface area contributed by atoms with Gasteiger partial charge in [0.2, 0.25) is 0 Å². The van der Waals surface area contributed by atoms with Gasteiger partial charge in [-0.3, -0.25) is 0 Å². The van der Waals surface area contributed by atoms with E-state index in [0.29, 0.717) is 0 Å². The lowest BCUT2D eigenvalue weighted by Crippen LogP contribution is -1.98. The van der Waals surface area contributed by atoms with Crippen LogP contribution in [0.15, 0.2) is 60.7 Å². The molecule has 19 heavy (non-hydrogen) atoms. The van der Waals surface area contributed by atoms with Crippen molar-refractivity contribution in [1.82, 2.24) is 0 Å². The Morgan fingerprint density at radius 2 is 1.58 bits per heavy atom. The van der Waals surface area contributed by atoms with E-state index >= 15 is 0 Å². The molecule has 1 saturated carbocycles. The van der Waals surface area contributed by atoms with Gasteiger partial charge in [-0.05, 0) is 42.2 Å². The molecule has 0 saturated heterocycles. The summed E-state index contributed by atoms with van der Waals surface area (Å²) in [7, 11) is 0. The van der Waals surface area contributed by atoms with Crippen LogP contribution in [0.3, 0.4) is 0 Å². The zero-order chi connectivity index (χ0) is 13.1. The number of rotatable bonds is 5. The van der Waals surface area contributed by atoms with Crippen LogP contribution in [0.5, 0.6) is 0 Å². The topological polar surface area (TPSA) is 20.2 Å². The van der Waals surface area contributed by atoms with Gasteiger partial charge < -0.3 is 5.11 Å². The predicted octanol–water partition coefficient (Wildman–Crippen LogP) is 4.30. The first kappa shape index (κ1) is 12.4. The molecule has 98 valence electrons. The van der Waals surface area contributed by atoms with Gasteiger partial charge in [0, 0.05) is 0 Å². The van der Waals surface area contributed by atoms with E-state index in [-0.39, 0.29) is 6.10 Å². The van der Waals surface area contributed by atoms with Gasteiger partial charge in [-0.1, -0.05) is 60.7 Å². The second-order valence-electron chi connectivity index (χ2n) is 5.52. The quantitative estimate of drug-likeness (QED) is 0.841. The summed E-state index contributed by atoms with van der Waals surface area (Å²) in [6.45, 7) is 0. The molecule has 0 spiro atoms. The summed E-state index contributed by atoms with van der Waals surface area (Å²) in [5.41, 5.74) is 2.50. The van der Waals surface area contributed by atoms with Crippen molar-refractivity contribution in [2.24, 2.45) is 5.92 Å². The molecule has 1 fully saturated rings. The van der Waals surface area contributed by atoms with E-state index in [0.717, 1.165) is 30.2 Å². The Morgan fingerprint density at radius 3 is 2.26 bits per heavy atom. The standard InChI is InChI=1S/C18H20O/c19-18(15-9-5-2-6-10-15)12-11-16-13-17(16)14-7-3-1-4-8-14/h1-10,16-19H,11-13H2. The SMILES string of the molecule is OC(CCC1CC1c1ccccc1)c1ccccc1. The fraction of sp³-hybridized carbons (Fsp3) is 0.333. The molecule has 0 aliphatic heterocycles. The summed E-state index contributed by atoms with van der Waals surface area (Å²) in [5, 5.41) is 10.2. The molecule has 0 amide bonds. The maximum Gasteiger partial charge on any atom is 0.0790 e. The third-order valence-electron chi connectivity index (χ3n) is 4.15. The van der Waals surface area contributed by atoms with Gasteiger partial charge in [-0.15, -0.1) is 0 Å². The molecule has 1 N–H and O–H groups in total. The first-order valence-electron chi connectivity index (χ1n) is 7.12. The van der Waals surface area contributed by atoms with Crippen LogP contribution in [0.1, 0.15) is 42.4 Å². The van der Waals surface area contributed by atoms with E-state index in [9.17, 15) is 5.11 Å². The van der Waals surface area contributed by atoms with Gasteiger partial charge in [0.25, 0.3) is 0 Å². The molecule has 1 aliphatic rings. The van der Waals surface area contributed by atoms with Gasteiger partial charge in [0.15, 0.2) is 0 Å². The van der Waals surface area contributed by atoms with Crippen LogP contribution in [0, 0.1) is 5.92 Å². The van der Waals surface area contributed by atoms with Crippen molar-refractivity contribution in [1.29, 1.82) is 0 Å². The predicted molar refractivity (Wildman–Crippen MR) is 77.9 cm³/mol. The van der Waals surface area contributed by atoms with Crippen molar-refractivity contribution in [3.63, 3.8) is 0 Å². The lowest BCUT2D eigenvalue weighted by Gasteiger charge is -2.10. The minimum atomic E-state index is -0.307. The zero-order valence-electron chi connectivity index (χ0n) is 11.1. The number of aliphatic hydroxyl groups is 1. The number of benzene rings is 2. The van der Waals surface area contributed by atoms with Crippen molar-refractivity contribution >= 4 is 0 Å². The number of hydrogen-bond donors (Lipinski definition) is 1. The highest BCUT2D eigenvalue weighted by Crippen LogP contribution is 2.50. The highest BCUT2D eigenvalue weighted by atomic mass is 16.3. The number of hydrogen-bond acceptors (Lipinski definition) is 1. The fourth-order valence-electron chi connectivity index (χ4n) is 2.89. The third kappa shape index (κ3) is 3.05. The Morgan fingerprint density at radius 1 is 0.947 bits per heavy atom. The van der Waals surface area contributed by atoms with Crippen LogP contribution in [-0.2, 0) is 0 Å². The molecule has 1 nitrogen and oxygen atoms in total. The normalized spacial score (nSPS) is 23.0. The average Bonchev–Trinajstić information content (AvgIpc) is 3.26. The molecule has 3 rings (SSSR count). The van der Waals surface area contributed by atoms with Gasteiger partial charge >= 0.3 is 0 Å². The first-order valence-corrected chi connectivity index (χ1v) is 7.12. The summed E-state index contributed by atoms with van der Waals surface area (Å²) in [6.07, 6.45) is 2.97. The van der Waals surface area contributed by atoms with Crippen molar-refractivity contribution in [2.45, 2.75) is 31.3 Å². The fourth-order valence-corrected chi connectivity index (χ4v) is 2.89. The van der Waals surface area contributed by atoms with Crippen LogP contribution >= 0.6 is 0 Å². The minimum absolute atomic E-state index is 0.307. The van der Waals surface area contributed by atoms with Crippen LogP contribution in [0.25, 0.3) is 0 Å². The van der Waals surface area contributed by atoms with E-state index in [1.807, 2.05) is 30.3 Å². The summed E-state index contributed by atoms with van der Waals surface area (Å²) >= 11 is 0. The minimum Gasteiger partial charge on any atom is -0.388 e. The van der Waals surface area contributed by atoms with E-state index in [4.69, 9.17) is 0 Å². The lowest BCUT2D eigenvalue weighted by atomic mass is 10.0. The van der Waals surface area contributed by atoms with Crippen molar-refractivity contribution in [2.75, 3.05) is 0 Å². The second-order valence-corrected chi connectivity index (χ2v) is 5.52. The van der Waals surface area contributed by atoms with E-state index < -0.39 is 0 Å². The highest BCUT2D eigenvalue weighted by Gasteiger charge is 2.37. The van der Waals surface area contributed by atoms with Gasteiger partial charge in [-0.2, -0.15) is 0 Å².